The smallest absolute Gasteiger partial charge is 0.417 e. The molecule has 2 amide bonds. The Morgan fingerprint density at radius 2 is 1.68 bits per heavy atom. The van der Waals surface area contributed by atoms with Crippen LogP contribution in [-0.4, -0.2) is 47.0 Å². The summed E-state index contributed by atoms with van der Waals surface area (Å²) in [5, 5.41) is 4.17. The highest BCUT2D eigenvalue weighted by atomic mass is 16.6. The number of carbonyl (C=O) groups is 2. The highest BCUT2D eigenvalue weighted by molar-refractivity contribution is 6.06. The third-order valence-electron chi connectivity index (χ3n) is 7.32. The molecule has 2 atom stereocenters. The van der Waals surface area contributed by atoms with Gasteiger partial charge in [0.15, 0.2) is 0 Å². The van der Waals surface area contributed by atoms with Crippen LogP contribution in [-0.2, 0) is 20.8 Å². The summed E-state index contributed by atoms with van der Waals surface area (Å²) in [5.74, 6) is 0.396. The van der Waals surface area contributed by atoms with E-state index in [4.69, 9.17) is 14.3 Å². The van der Waals surface area contributed by atoms with Gasteiger partial charge in [0.25, 0.3) is 5.91 Å². The van der Waals surface area contributed by atoms with E-state index in [1.165, 1.54) is 43.4 Å². The van der Waals surface area contributed by atoms with Crippen molar-refractivity contribution in [2.75, 3.05) is 6.61 Å². The molecule has 2 aromatic rings. The van der Waals surface area contributed by atoms with Crippen LogP contribution in [0.4, 0.5) is 4.79 Å². The van der Waals surface area contributed by atoms with Crippen molar-refractivity contribution in [2.24, 2.45) is 5.16 Å². The van der Waals surface area contributed by atoms with E-state index >= 15 is 0 Å². The maximum atomic E-state index is 13.4. The molecular weight excluding hydrogens is 480 g/mol. The first-order chi connectivity index (χ1) is 18.4. The number of hydrogen-bond acceptors (Lipinski definition) is 6. The van der Waals surface area contributed by atoms with E-state index in [-0.39, 0.29) is 0 Å². The molecule has 0 aliphatic carbocycles. The molecule has 0 saturated carbocycles. The minimum absolute atomic E-state index is 0.291. The van der Waals surface area contributed by atoms with E-state index in [1.54, 1.807) is 0 Å². The molecule has 1 saturated heterocycles. The average Bonchev–Trinajstić information content (AvgIpc) is 3.49. The van der Waals surface area contributed by atoms with Gasteiger partial charge in [0.1, 0.15) is 11.4 Å². The van der Waals surface area contributed by atoms with Gasteiger partial charge in [-0.3, -0.25) is 4.79 Å². The van der Waals surface area contributed by atoms with Crippen LogP contribution < -0.4 is 4.74 Å². The third kappa shape index (κ3) is 6.94. The quantitative estimate of drug-likeness (QED) is 0.275. The molecule has 0 bridgehead atoms. The molecule has 0 unspecified atom stereocenters. The molecular formula is C31H40N2O5. The molecule has 0 N–H and O–H groups in total. The lowest BCUT2D eigenvalue weighted by Crippen LogP contribution is -2.49. The monoisotopic (exact) mass is 520 g/mol. The topological polar surface area (TPSA) is 77.4 Å². The predicted molar refractivity (Wildman–Crippen MR) is 147 cm³/mol. The number of carbonyl (C=O) groups excluding carboxylic acids is 2. The summed E-state index contributed by atoms with van der Waals surface area (Å²) in [4.78, 5) is 32.9. The Balaban J connectivity index is 1.29. The fraction of sp³-hybridized carbons (Fsp3) is 0.516. The van der Waals surface area contributed by atoms with Gasteiger partial charge < -0.3 is 14.3 Å². The Kier molecular flexibility index (Phi) is 9.43. The number of ether oxygens (including phenoxy) is 2. The van der Waals surface area contributed by atoms with E-state index in [0.29, 0.717) is 25.2 Å². The molecule has 2 heterocycles. The first-order valence-electron chi connectivity index (χ1n) is 13.9. The van der Waals surface area contributed by atoms with Crippen molar-refractivity contribution < 1.29 is 23.9 Å². The maximum absolute atomic E-state index is 13.4. The largest absolute Gasteiger partial charge is 0.494 e. The SMILES string of the molecule is CCCCCCCCCOc1ccc(C2=NO[C@H](C(=O)N3C(=O)OC(C)(C)[C@@H]3Cc3ccccc3)C2)cc1. The van der Waals surface area contributed by atoms with Crippen molar-refractivity contribution >= 4 is 17.7 Å². The van der Waals surface area contributed by atoms with Crippen molar-refractivity contribution in [1.82, 2.24) is 4.90 Å². The zero-order chi connectivity index (χ0) is 27.0. The Labute approximate surface area is 226 Å². The molecule has 7 heteroatoms. The van der Waals surface area contributed by atoms with E-state index < -0.39 is 29.7 Å². The van der Waals surface area contributed by atoms with Gasteiger partial charge in [-0.25, -0.2) is 9.69 Å². The minimum Gasteiger partial charge on any atom is -0.494 e. The van der Waals surface area contributed by atoms with Crippen LogP contribution in [0, 0.1) is 0 Å². The van der Waals surface area contributed by atoms with Gasteiger partial charge in [0.05, 0.1) is 18.4 Å². The van der Waals surface area contributed by atoms with E-state index in [0.717, 1.165) is 23.3 Å². The van der Waals surface area contributed by atoms with Crippen LogP contribution in [0.15, 0.2) is 59.8 Å². The van der Waals surface area contributed by atoms with E-state index in [2.05, 4.69) is 12.1 Å². The first kappa shape index (κ1) is 27.7. The van der Waals surface area contributed by atoms with Gasteiger partial charge in [-0.05, 0) is 62.1 Å². The van der Waals surface area contributed by atoms with Crippen LogP contribution in [0.25, 0.3) is 0 Å². The summed E-state index contributed by atoms with van der Waals surface area (Å²) in [6.45, 7) is 6.61. The van der Waals surface area contributed by atoms with E-state index in [1.807, 2.05) is 68.4 Å². The Bertz CT molecular complexity index is 1100. The summed E-state index contributed by atoms with van der Waals surface area (Å²) in [7, 11) is 0. The fourth-order valence-electron chi connectivity index (χ4n) is 5.03. The van der Waals surface area contributed by atoms with Gasteiger partial charge in [-0.1, -0.05) is 80.9 Å². The summed E-state index contributed by atoms with van der Waals surface area (Å²) in [5.41, 5.74) is 1.76. The second kappa shape index (κ2) is 12.9. The summed E-state index contributed by atoms with van der Waals surface area (Å²) in [6, 6.07) is 17.1. The summed E-state index contributed by atoms with van der Waals surface area (Å²) >= 11 is 0. The van der Waals surface area contributed by atoms with Crippen LogP contribution in [0.5, 0.6) is 5.75 Å². The van der Waals surface area contributed by atoms with Crippen molar-refractivity contribution in [3.8, 4) is 5.75 Å². The Morgan fingerprint density at radius 3 is 2.39 bits per heavy atom. The molecule has 204 valence electrons. The van der Waals surface area contributed by atoms with Gasteiger partial charge in [0, 0.05) is 6.42 Å². The Hall–Kier alpha value is -3.35. The zero-order valence-corrected chi connectivity index (χ0v) is 22.9. The molecule has 2 aromatic carbocycles. The second-order valence-corrected chi connectivity index (χ2v) is 10.7. The number of imide groups is 1. The number of unbranched alkanes of at least 4 members (excludes halogenated alkanes) is 6. The summed E-state index contributed by atoms with van der Waals surface area (Å²) in [6.07, 6.45) is 8.04. The van der Waals surface area contributed by atoms with Crippen molar-refractivity contribution in [3.05, 3.63) is 65.7 Å². The first-order valence-corrected chi connectivity index (χ1v) is 13.9. The number of cyclic esters (lactones) is 1. The lowest BCUT2D eigenvalue weighted by atomic mass is 9.91. The number of benzene rings is 2. The Morgan fingerprint density at radius 1 is 1.00 bits per heavy atom. The lowest BCUT2D eigenvalue weighted by Gasteiger charge is -2.28. The normalized spacial score (nSPS) is 20.1. The standard InChI is InChI=1S/C31H40N2O5/c1-4-5-6-7-8-9-13-20-36-25-18-16-24(17-19-25)26-22-27(38-32-26)29(34)33-28(31(2,3)37-30(33)35)21-23-14-11-10-12-15-23/h10-12,14-19,27-28H,4-9,13,20-22H2,1-3H3/t27-,28-/m0/s1. The van der Waals surface area contributed by atoms with Gasteiger partial charge >= 0.3 is 6.09 Å². The van der Waals surface area contributed by atoms with Crippen LogP contribution in [0.1, 0.15) is 83.3 Å². The van der Waals surface area contributed by atoms with E-state index in [9.17, 15) is 9.59 Å². The molecule has 0 aromatic heterocycles. The predicted octanol–water partition coefficient (Wildman–Crippen LogP) is 6.68. The molecule has 2 aliphatic rings. The molecule has 4 rings (SSSR count). The number of oxime groups is 1. The highest BCUT2D eigenvalue weighted by Crippen LogP contribution is 2.34. The molecule has 2 aliphatic heterocycles. The molecule has 1 fully saturated rings. The van der Waals surface area contributed by atoms with Gasteiger partial charge in [0.2, 0.25) is 6.10 Å². The third-order valence-corrected chi connectivity index (χ3v) is 7.32. The van der Waals surface area contributed by atoms with Crippen molar-refractivity contribution in [3.63, 3.8) is 0 Å². The van der Waals surface area contributed by atoms with Crippen LogP contribution >= 0.6 is 0 Å². The van der Waals surface area contributed by atoms with Gasteiger partial charge in [-0.2, -0.15) is 0 Å². The average molecular weight is 521 g/mol. The van der Waals surface area contributed by atoms with Crippen molar-refractivity contribution in [1.29, 1.82) is 0 Å². The molecule has 0 radical (unpaired) electrons. The number of hydrogen-bond donors (Lipinski definition) is 0. The summed E-state index contributed by atoms with van der Waals surface area (Å²) < 4.78 is 11.5. The molecule has 7 nitrogen and oxygen atoms in total. The fourth-order valence-corrected chi connectivity index (χ4v) is 5.03. The van der Waals surface area contributed by atoms with Crippen LogP contribution in [0.2, 0.25) is 0 Å². The van der Waals surface area contributed by atoms with Gasteiger partial charge in [-0.15, -0.1) is 0 Å². The maximum Gasteiger partial charge on any atom is 0.417 e. The number of nitrogens with zero attached hydrogens (tertiary/aromatic N) is 2. The van der Waals surface area contributed by atoms with Crippen molar-refractivity contribution in [2.45, 2.75) is 96.3 Å². The van der Waals surface area contributed by atoms with Crippen LogP contribution in [0.3, 0.4) is 0 Å². The second-order valence-electron chi connectivity index (χ2n) is 10.7. The minimum atomic E-state index is -0.863. The number of rotatable bonds is 13. The highest BCUT2D eigenvalue weighted by Gasteiger charge is 2.52. The molecule has 38 heavy (non-hydrogen) atoms. The number of amides is 2. The molecule has 0 spiro atoms. The zero-order valence-electron chi connectivity index (χ0n) is 22.9. The lowest BCUT2D eigenvalue weighted by molar-refractivity contribution is -0.140.